The highest BCUT2D eigenvalue weighted by Gasteiger charge is 2.50. The van der Waals surface area contributed by atoms with Crippen LogP contribution < -0.4 is 0 Å². The first-order valence-electron chi connectivity index (χ1n) is 8.19. The predicted molar refractivity (Wildman–Crippen MR) is 87.2 cm³/mol. The maximum Gasteiger partial charge on any atom is 0.416 e. The number of rotatable bonds is 7. The smallest absolute Gasteiger partial charge is 0.416 e. The number of halogens is 3. The number of ether oxygens (including phenoxy) is 1. The van der Waals surface area contributed by atoms with Crippen LogP contribution in [0.4, 0.5) is 13.2 Å². The molecule has 148 valence electrons. The van der Waals surface area contributed by atoms with Crippen molar-refractivity contribution >= 4 is 11.9 Å². The van der Waals surface area contributed by atoms with E-state index in [2.05, 4.69) is 21.5 Å². The van der Waals surface area contributed by atoms with Crippen LogP contribution in [0.15, 0.2) is 40.9 Å². The lowest BCUT2D eigenvalue weighted by Gasteiger charge is -2.13. The molecule has 1 aliphatic carbocycles. The molecule has 10 heteroatoms. The van der Waals surface area contributed by atoms with Gasteiger partial charge in [-0.15, -0.1) is 0 Å². The fraction of sp³-hybridized carbons (Fsp3) is 0.333. The molecule has 1 aromatic carbocycles. The first-order chi connectivity index (χ1) is 13.1. The van der Waals surface area contributed by atoms with Crippen LogP contribution in [0.1, 0.15) is 35.7 Å². The summed E-state index contributed by atoms with van der Waals surface area (Å²) < 4.78 is 47.8. The molecule has 1 aliphatic rings. The van der Waals surface area contributed by atoms with E-state index in [1.807, 2.05) is 0 Å². The molecule has 2 aromatic rings. The summed E-state index contributed by atoms with van der Waals surface area (Å²) in [7, 11) is 0. The molecule has 0 saturated heterocycles. The summed E-state index contributed by atoms with van der Waals surface area (Å²) in [6, 6.07) is 4.81. The Balaban J connectivity index is 1.70. The summed E-state index contributed by atoms with van der Waals surface area (Å²) in [6.45, 7) is 2.72. The second kappa shape index (κ2) is 7.10. The number of aromatic nitrogens is 2. The van der Waals surface area contributed by atoms with E-state index in [1.165, 1.54) is 12.1 Å². The van der Waals surface area contributed by atoms with Crippen LogP contribution in [-0.4, -0.2) is 33.8 Å². The Labute approximate surface area is 156 Å². The van der Waals surface area contributed by atoms with Crippen LogP contribution in [0.2, 0.25) is 0 Å². The number of carboxylic acid groups (broad SMARTS) is 1. The van der Waals surface area contributed by atoms with E-state index in [-0.39, 0.29) is 17.9 Å². The third-order valence-electron chi connectivity index (χ3n) is 4.39. The molecule has 1 heterocycles. The quantitative estimate of drug-likeness (QED) is 0.567. The Kier molecular flexibility index (Phi) is 4.97. The van der Waals surface area contributed by atoms with Crippen molar-refractivity contribution in [3.05, 3.63) is 59.3 Å². The van der Waals surface area contributed by atoms with Gasteiger partial charge < -0.3 is 14.4 Å². The highest BCUT2D eigenvalue weighted by atomic mass is 19.4. The highest BCUT2D eigenvalue weighted by Crippen LogP contribution is 2.52. The zero-order valence-corrected chi connectivity index (χ0v) is 14.5. The average Bonchev–Trinajstić information content (AvgIpc) is 3.32. The number of carboxylic acids is 1. The fourth-order valence-electron chi connectivity index (χ4n) is 2.75. The number of esters is 1. The summed E-state index contributed by atoms with van der Waals surface area (Å²) in [5.74, 6) is -1.81. The minimum absolute atomic E-state index is 0.0594. The second-order valence-corrected chi connectivity index (χ2v) is 6.42. The van der Waals surface area contributed by atoms with E-state index in [0.29, 0.717) is 24.2 Å². The predicted octanol–water partition coefficient (Wildman–Crippen LogP) is 2.89. The number of aliphatic carboxylic acids is 1. The Bertz CT molecular complexity index is 914. The maximum absolute atomic E-state index is 12.7. The number of carbonyl (C=O) groups excluding carboxylic acids is 1. The van der Waals surface area contributed by atoms with Crippen LogP contribution in [0, 0.1) is 0 Å². The third kappa shape index (κ3) is 4.05. The van der Waals surface area contributed by atoms with Gasteiger partial charge in [0.25, 0.3) is 0 Å². The van der Waals surface area contributed by atoms with E-state index in [0.717, 1.165) is 12.1 Å². The lowest BCUT2D eigenvalue weighted by atomic mass is 9.94. The zero-order chi connectivity index (χ0) is 20.5. The molecule has 0 aliphatic heterocycles. The molecule has 0 radical (unpaired) electrons. The first-order valence-corrected chi connectivity index (χ1v) is 8.19. The van der Waals surface area contributed by atoms with Gasteiger partial charge in [0.2, 0.25) is 5.89 Å². The van der Waals surface area contributed by atoms with Gasteiger partial charge in [-0.25, -0.2) is 9.59 Å². The van der Waals surface area contributed by atoms with Crippen molar-refractivity contribution in [1.29, 1.82) is 0 Å². The first kappa shape index (κ1) is 19.6. The van der Waals surface area contributed by atoms with Gasteiger partial charge in [-0.3, -0.25) is 0 Å². The maximum atomic E-state index is 12.7. The van der Waals surface area contributed by atoms with E-state index in [1.54, 1.807) is 0 Å². The van der Waals surface area contributed by atoms with Crippen molar-refractivity contribution in [2.45, 2.75) is 30.9 Å². The monoisotopic (exact) mass is 396 g/mol. The van der Waals surface area contributed by atoms with E-state index in [9.17, 15) is 22.8 Å². The molecule has 0 spiro atoms. The average molecular weight is 396 g/mol. The summed E-state index contributed by atoms with van der Waals surface area (Å²) in [6.07, 6.45) is -3.24. The Hall–Kier alpha value is -3.17. The number of hydrogen-bond acceptors (Lipinski definition) is 6. The Morgan fingerprint density at radius 3 is 2.43 bits per heavy atom. The van der Waals surface area contributed by atoms with Gasteiger partial charge in [-0.05, 0) is 30.5 Å². The van der Waals surface area contributed by atoms with Gasteiger partial charge in [-0.1, -0.05) is 23.9 Å². The molecule has 0 atom stereocenters. The van der Waals surface area contributed by atoms with Crippen molar-refractivity contribution in [3.8, 4) is 0 Å². The molecule has 28 heavy (non-hydrogen) atoms. The topological polar surface area (TPSA) is 103 Å². The van der Waals surface area contributed by atoms with Crippen LogP contribution in [0.25, 0.3) is 0 Å². The minimum Gasteiger partial charge on any atom is -0.479 e. The largest absolute Gasteiger partial charge is 0.479 e. The summed E-state index contributed by atoms with van der Waals surface area (Å²) in [5, 5.41) is 12.4. The van der Waals surface area contributed by atoms with E-state index in [4.69, 9.17) is 9.63 Å². The van der Waals surface area contributed by atoms with Gasteiger partial charge >= 0.3 is 18.1 Å². The van der Waals surface area contributed by atoms with Crippen LogP contribution in [0.5, 0.6) is 0 Å². The standard InChI is InChI=1S/C18H15F3N2O5/c1-10(15(26)27-9-14(24)25)8-13-22-16(23-28-13)17(6-7-17)11-2-4-12(5-3-11)18(19,20)21/h2-5H,1,6-9H2,(H,24,25). The number of nitrogens with zero attached hydrogens (tertiary/aromatic N) is 2. The molecule has 0 unspecified atom stereocenters. The van der Waals surface area contributed by atoms with Crippen molar-refractivity contribution in [1.82, 2.24) is 10.1 Å². The van der Waals surface area contributed by atoms with Gasteiger partial charge in [0.05, 0.1) is 17.4 Å². The number of alkyl halides is 3. The van der Waals surface area contributed by atoms with E-state index < -0.39 is 35.7 Å². The van der Waals surface area contributed by atoms with Crippen LogP contribution >= 0.6 is 0 Å². The minimum atomic E-state index is -4.41. The van der Waals surface area contributed by atoms with E-state index >= 15 is 0 Å². The normalized spacial score (nSPS) is 15.1. The molecule has 7 nitrogen and oxygen atoms in total. The molecule has 0 amide bonds. The Morgan fingerprint density at radius 1 is 1.25 bits per heavy atom. The number of carbonyl (C=O) groups is 2. The SMILES string of the molecule is C=C(Cc1nc(C2(c3ccc(C(F)(F)F)cc3)CC2)no1)C(=O)OCC(=O)O. The molecule has 3 rings (SSSR count). The molecule has 1 N–H and O–H groups in total. The van der Waals surface area contributed by atoms with Crippen molar-refractivity contribution in [3.63, 3.8) is 0 Å². The molecule has 1 aromatic heterocycles. The van der Waals surface area contributed by atoms with Crippen molar-refractivity contribution in [2.24, 2.45) is 0 Å². The summed E-state index contributed by atoms with van der Waals surface area (Å²) in [5.41, 5.74) is -0.766. The second-order valence-electron chi connectivity index (χ2n) is 6.42. The van der Waals surface area contributed by atoms with Gasteiger partial charge in [0.15, 0.2) is 12.4 Å². The Morgan fingerprint density at radius 2 is 1.89 bits per heavy atom. The molecule has 1 fully saturated rings. The molecular weight excluding hydrogens is 381 g/mol. The molecular formula is C18H15F3N2O5. The van der Waals surface area contributed by atoms with Gasteiger partial charge in [-0.2, -0.15) is 18.2 Å². The summed E-state index contributed by atoms with van der Waals surface area (Å²) >= 11 is 0. The van der Waals surface area contributed by atoms with Gasteiger partial charge in [0.1, 0.15) is 0 Å². The zero-order valence-electron chi connectivity index (χ0n) is 14.5. The van der Waals surface area contributed by atoms with Crippen molar-refractivity contribution in [2.75, 3.05) is 6.61 Å². The highest BCUT2D eigenvalue weighted by molar-refractivity contribution is 5.89. The number of hydrogen-bond donors (Lipinski definition) is 1. The summed E-state index contributed by atoms with van der Waals surface area (Å²) in [4.78, 5) is 26.3. The fourth-order valence-corrected chi connectivity index (χ4v) is 2.75. The van der Waals surface area contributed by atoms with Gasteiger partial charge in [0, 0.05) is 5.57 Å². The number of benzene rings is 1. The molecule has 1 saturated carbocycles. The van der Waals surface area contributed by atoms with Crippen molar-refractivity contribution < 1.29 is 37.1 Å². The lowest BCUT2D eigenvalue weighted by molar-refractivity contribution is -0.152. The van der Waals surface area contributed by atoms with Crippen LogP contribution in [0.3, 0.4) is 0 Å². The molecule has 0 bridgehead atoms. The van der Waals surface area contributed by atoms with Crippen LogP contribution in [-0.2, 0) is 32.3 Å². The third-order valence-corrected chi connectivity index (χ3v) is 4.39. The lowest BCUT2D eigenvalue weighted by Crippen LogP contribution is -2.15.